The summed E-state index contributed by atoms with van der Waals surface area (Å²) < 4.78 is 2.36. The third kappa shape index (κ3) is 8.59. The topological polar surface area (TPSA) is 4.93 Å². The number of hydrogen-bond donors (Lipinski definition) is 0. The Hall–Kier alpha value is -6.70. The van der Waals surface area contributed by atoms with E-state index in [-0.39, 0.29) is 0 Å². The van der Waals surface area contributed by atoms with Crippen LogP contribution in [0.2, 0.25) is 0 Å². The van der Waals surface area contributed by atoms with Gasteiger partial charge in [-0.2, -0.15) is 0 Å². The van der Waals surface area contributed by atoms with E-state index < -0.39 is 0 Å². The highest BCUT2D eigenvalue weighted by atomic mass is 15.0. The van der Waals surface area contributed by atoms with Gasteiger partial charge in [0, 0.05) is 16.5 Å². The molecule has 1 nitrogen and oxygen atoms in total. The van der Waals surface area contributed by atoms with Gasteiger partial charge >= 0.3 is 0 Å². The lowest BCUT2D eigenvalue weighted by atomic mass is 9.90. The molecule has 1 heteroatoms. The minimum Gasteiger partial charge on any atom is -0.309 e. The summed E-state index contributed by atoms with van der Waals surface area (Å²) in [5.74, 6) is 0.709. The Labute approximate surface area is 338 Å². The van der Waals surface area contributed by atoms with Gasteiger partial charge in [-0.15, -0.1) is 0 Å². The SMILES string of the molecule is Cc1ccc(-c2ccc(-c3ccc4c(c3)c3ccccc3n4-c3ccccc3)cc2)cc1.Cc1ccc(-c2ccccc2)cc1.Cc1ccc2c(c1)C=CC(C)C2. The summed E-state index contributed by atoms with van der Waals surface area (Å²) >= 11 is 0. The molecule has 1 aromatic heterocycles. The lowest BCUT2D eigenvalue weighted by Gasteiger charge is -2.15. The molecule has 0 N–H and O–H groups in total. The predicted molar refractivity (Wildman–Crippen MR) is 246 cm³/mol. The zero-order chi connectivity index (χ0) is 39.1. The minimum atomic E-state index is 0.709. The number of fused-ring (bicyclic) bond motifs is 4. The van der Waals surface area contributed by atoms with Crippen molar-refractivity contribution in [3.8, 4) is 39.1 Å². The average molecular weight is 736 g/mol. The van der Waals surface area contributed by atoms with Crippen molar-refractivity contribution >= 4 is 27.9 Å². The average Bonchev–Trinajstić information content (AvgIpc) is 3.59. The molecule has 0 amide bonds. The molecule has 0 bridgehead atoms. The lowest BCUT2D eigenvalue weighted by molar-refractivity contribution is 0.717. The summed E-state index contributed by atoms with van der Waals surface area (Å²) in [5, 5.41) is 2.56. The van der Waals surface area contributed by atoms with E-state index in [1.54, 1.807) is 0 Å². The molecule has 1 aliphatic rings. The Balaban J connectivity index is 0.000000148. The molecule has 0 saturated carbocycles. The maximum Gasteiger partial charge on any atom is 0.0541 e. The van der Waals surface area contributed by atoms with E-state index in [9.17, 15) is 0 Å². The first-order valence-electron chi connectivity index (χ1n) is 20.1. The molecule has 1 atom stereocenters. The largest absolute Gasteiger partial charge is 0.309 e. The number of aromatic nitrogens is 1. The minimum absolute atomic E-state index is 0.709. The van der Waals surface area contributed by atoms with E-state index in [1.807, 2.05) is 6.07 Å². The van der Waals surface area contributed by atoms with Crippen LogP contribution in [0.4, 0.5) is 0 Å². The van der Waals surface area contributed by atoms with Crippen LogP contribution in [0, 0.1) is 26.7 Å². The van der Waals surface area contributed by atoms with Crippen molar-refractivity contribution in [3.63, 3.8) is 0 Å². The van der Waals surface area contributed by atoms with Crippen molar-refractivity contribution in [2.75, 3.05) is 0 Å². The van der Waals surface area contributed by atoms with Gasteiger partial charge in [-0.05, 0) is 108 Å². The van der Waals surface area contributed by atoms with Crippen LogP contribution in [0.5, 0.6) is 0 Å². The quantitative estimate of drug-likeness (QED) is 0.170. The van der Waals surface area contributed by atoms with Crippen molar-refractivity contribution < 1.29 is 0 Å². The van der Waals surface area contributed by atoms with E-state index in [0.717, 1.165) is 0 Å². The first-order valence-corrected chi connectivity index (χ1v) is 20.1. The van der Waals surface area contributed by atoms with Crippen molar-refractivity contribution in [1.82, 2.24) is 4.57 Å². The number of allylic oxidation sites excluding steroid dienone is 1. The van der Waals surface area contributed by atoms with Crippen molar-refractivity contribution in [1.29, 1.82) is 0 Å². The molecule has 10 rings (SSSR count). The van der Waals surface area contributed by atoms with Crippen molar-refractivity contribution in [3.05, 3.63) is 228 Å². The van der Waals surface area contributed by atoms with E-state index in [2.05, 4.69) is 232 Å². The summed E-state index contributed by atoms with van der Waals surface area (Å²) in [6.45, 7) is 8.64. The number of para-hydroxylation sites is 2. The fourth-order valence-corrected chi connectivity index (χ4v) is 7.72. The summed E-state index contributed by atoms with van der Waals surface area (Å²) in [4.78, 5) is 0. The molecule has 278 valence electrons. The van der Waals surface area contributed by atoms with Gasteiger partial charge in [-0.3, -0.25) is 0 Å². The molecule has 1 unspecified atom stereocenters. The molecule has 1 heterocycles. The van der Waals surface area contributed by atoms with Gasteiger partial charge in [0.25, 0.3) is 0 Å². The van der Waals surface area contributed by atoms with Gasteiger partial charge in [0.05, 0.1) is 11.0 Å². The molecule has 8 aromatic carbocycles. The molecule has 1 aliphatic carbocycles. The molecule has 0 radical (unpaired) electrons. The van der Waals surface area contributed by atoms with E-state index in [1.165, 1.54) is 95.1 Å². The first kappa shape index (κ1) is 37.2. The van der Waals surface area contributed by atoms with Gasteiger partial charge in [-0.1, -0.05) is 200 Å². The first-order chi connectivity index (χ1) is 27.9. The van der Waals surface area contributed by atoms with Crippen molar-refractivity contribution in [2.45, 2.75) is 34.1 Å². The Morgan fingerprint density at radius 3 is 1.51 bits per heavy atom. The van der Waals surface area contributed by atoms with Crippen LogP contribution in [0.3, 0.4) is 0 Å². The monoisotopic (exact) mass is 735 g/mol. The highest BCUT2D eigenvalue weighted by Crippen LogP contribution is 2.35. The van der Waals surface area contributed by atoms with E-state index >= 15 is 0 Å². The number of aryl methyl sites for hydroxylation is 3. The highest BCUT2D eigenvalue weighted by Gasteiger charge is 2.13. The smallest absolute Gasteiger partial charge is 0.0541 e. The molecule has 0 saturated heterocycles. The number of nitrogens with zero attached hydrogens (tertiary/aromatic N) is 1. The predicted octanol–water partition coefficient (Wildman–Crippen LogP) is 15.3. The summed E-state index contributed by atoms with van der Waals surface area (Å²) in [5.41, 5.74) is 18.0. The fraction of sp³-hybridized carbons (Fsp3) is 0.107. The maximum absolute atomic E-state index is 2.36. The summed E-state index contributed by atoms with van der Waals surface area (Å²) in [6, 6.07) is 69.4. The van der Waals surface area contributed by atoms with E-state index in [4.69, 9.17) is 0 Å². The Bertz CT molecular complexity index is 2750. The van der Waals surface area contributed by atoms with Crippen LogP contribution in [0.15, 0.2) is 200 Å². The fourth-order valence-electron chi connectivity index (χ4n) is 7.72. The highest BCUT2D eigenvalue weighted by molar-refractivity contribution is 6.10. The normalized spacial score (nSPS) is 12.9. The Kier molecular flexibility index (Phi) is 11.1. The lowest BCUT2D eigenvalue weighted by Crippen LogP contribution is -2.02. The number of rotatable bonds is 4. The van der Waals surface area contributed by atoms with Crippen LogP contribution in [-0.4, -0.2) is 4.57 Å². The molecule has 0 aliphatic heterocycles. The van der Waals surface area contributed by atoms with Crippen molar-refractivity contribution in [2.24, 2.45) is 5.92 Å². The molecule has 0 fully saturated rings. The van der Waals surface area contributed by atoms with Gasteiger partial charge in [-0.25, -0.2) is 0 Å². The summed E-state index contributed by atoms with van der Waals surface area (Å²) in [6.07, 6.45) is 5.74. The molecular weight excluding hydrogens is 687 g/mol. The van der Waals surface area contributed by atoms with Crippen LogP contribution in [0.1, 0.15) is 34.7 Å². The second kappa shape index (κ2) is 17.0. The molecule has 9 aromatic rings. The second-order valence-electron chi connectivity index (χ2n) is 15.3. The van der Waals surface area contributed by atoms with Crippen LogP contribution >= 0.6 is 0 Å². The second-order valence-corrected chi connectivity index (χ2v) is 15.3. The third-order valence-electron chi connectivity index (χ3n) is 10.9. The van der Waals surface area contributed by atoms with Gasteiger partial charge in [0.2, 0.25) is 0 Å². The maximum atomic E-state index is 2.36. The summed E-state index contributed by atoms with van der Waals surface area (Å²) in [7, 11) is 0. The molecular formula is C56H49N. The Morgan fingerprint density at radius 2 is 0.877 bits per heavy atom. The van der Waals surface area contributed by atoms with Crippen LogP contribution < -0.4 is 0 Å². The van der Waals surface area contributed by atoms with Gasteiger partial charge in [0.1, 0.15) is 0 Å². The zero-order valence-corrected chi connectivity index (χ0v) is 33.4. The Morgan fingerprint density at radius 1 is 0.404 bits per heavy atom. The van der Waals surface area contributed by atoms with Gasteiger partial charge in [0.15, 0.2) is 0 Å². The zero-order valence-electron chi connectivity index (χ0n) is 33.4. The molecule has 0 spiro atoms. The molecule has 57 heavy (non-hydrogen) atoms. The number of benzene rings is 8. The number of hydrogen-bond acceptors (Lipinski definition) is 0. The van der Waals surface area contributed by atoms with Crippen LogP contribution in [0.25, 0.3) is 66.9 Å². The van der Waals surface area contributed by atoms with E-state index in [0.29, 0.717) is 5.92 Å². The van der Waals surface area contributed by atoms with Gasteiger partial charge < -0.3 is 4.57 Å². The standard InChI is InChI=1S/C31H23N.C13H12.C12H14/c1-22-11-13-23(14-12-22)24-15-17-25(18-16-24)26-19-20-31-29(21-26)28-9-5-6-10-30(28)32(31)27-7-3-2-4-8-27;1-11-7-9-13(10-8-11)12-5-3-2-4-6-12;1-9-3-5-12-8-10(2)4-6-11(12)7-9/h2-21H,1H3;2-10H,1H3;3-7,10H,8H2,1-2H3. The van der Waals surface area contributed by atoms with Crippen LogP contribution in [-0.2, 0) is 6.42 Å². The third-order valence-corrected chi connectivity index (χ3v) is 10.9.